The molecule has 0 aliphatic carbocycles. The number of hydrogen-bond donors (Lipinski definition) is 2. The van der Waals surface area contributed by atoms with Crippen molar-refractivity contribution in [2.75, 3.05) is 0 Å². The smallest absolute Gasteiger partial charge is 0.201 e. The third kappa shape index (κ3) is 3.17. The molecular formula is C22H25N7O. The van der Waals surface area contributed by atoms with Crippen LogP contribution in [0.25, 0.3) is 33.3 Å². The summed E-state index contributed by atoms with van der Waals surface area (Å²) in [5, 5.41) is 32.9. The molecule has 1 aliphatic rings. The van der Waals surface area contributed by atoms with E-state index in [1.165, 1.54) is 0 Å². The number of nitrogens with zero attached hydrogens (tertiary/aromatic N) is 6. The number of aromatic hydroxyl groups is 1. The Balaban J connectivity index is 1.56. The van der Waals surface area contributed by atoms with Crippen LogP contribution in [0.2, 0.25) is 0 Å². The number of hydrogen-bond acceptors (Lipinski definition) is 7. The number of pyridine rings is 1. The molecule has 8 heteroatoms. The second-order valence-corrected chi connectivity index (χ2v) is 9.46. The molecule has 5 rings (SSSR count). The summed E-state index contributed by atoms with van der Waals surface area (Å²) in [5.74, 6) is 0.0935. The van der Waals surface area contributed by atoms with Crippen LogP contribution in [0.5, 0.6) is 5.75 Å². The molecule has 1 aromatic carbocycles. The maximum absolute atomic E-state index is 10.7. The Labute approximate surface area is 174 Å². The van der Waals surface area contributed by atoms with Gasteiger partial charge < -0.3 is 10.4 Å². The molecule has 154 valence electrons. The van der Waals surface area contributed by atoms with Gasteiger partial charge in [-0.05, 0) is 58.7 Å². The summed E-state index contributed by atoms with van der Waals surface area (Å²) in [6.45, 7) is 8.83. The van der Waals surface area contributed by atoms with Gasteiger partial charge >= 0.3 is 0 Å². The van der Waals surface area contributed by atoms with Gasteiger partial charge in [0.05, 0.1) is 11.7 Å². The van der Waals surface area contributed by atoms with E-state index in [2.05, 4.69) is 58.5 Å². The highest BCUT2D eigenvalue weighted by molar-refractivity contribution is 5.91. The first kappa shape index (κ1) is 18.9. The van der Waals surface area contributed by atoms with Crippen LogP contribution in [0.4, 0.5) is 0 Å². The van der Waals surface area contributed by atoms with Gasteiger partial charge in [0.2, 0.25) is 5.65 Å². The number of benzene rings is 1. The fourth-order valence-corrected chi connectivity index (χ4v) is 4.91. The summed E-state index contributed by atoms with van der Waals surface area (Å²) in [7, 11) is 0. The number of fused-ring (bicyclic) bond motifs is 2. The lowest BCUT2D eigenvalue weighted by Gasteiger charge is -2.46. The van der Waals surface area contributed by atoms with E-state index >= 15 is 0 Å². The van der Waals surface area contributed by atoms with Crippen LogP contribution in [0, 0.1) is 0 Å². The van der Waals surface area contributed by atoms with E-state index < -0.39 is 0 Å². The first-order valence-electron chi connectivity index (χ1n) is 10.2. The SMILES string of the molecule is CC1(C)CC(n2nnc3cc(-c4ccc5cccnc5c4O)nnc32)CC(C)(C)N1. The van der Waals surface area contributed by atoms with Crippen molar-refractivity contribution in [1.29, 1.82) is 0 Å². The molecular weight excluding hydrogens is 378 g/mol. The third-order valence-corrected chi connectivity index (χ3v) is 5.76. The van der Waals surface area contributed by atoms with Crippen molar-refractivity contribution in [2.45, 2.75) is 57.7 Å². The average Bonchev–Trinajstić information content (AvgIpc) is 3.09. The van der Waals surface area contributed by atoms with E-state index in [4.69, 9.17) is 0 Å². The first-order valence-corrected chi connectivity index (χ1v) is 10.2. The molecule has 0 spiro atoms. The largest absolute Gasteiger partial charge is 0.505 e. The highest BCUT2D eigenvalue weighted by Crippen LogP contribution is 2.37. The van der Waals surface area contributed by atoms with Gasteiger partial charge in [-0.2, -0.15) is 0 Å². The van der Waals surface area contributed by atoms with Crippen LogP contribution in [-0.2, 0) is 0 Å². The molecule has 0 amide bonds. The predicted molar refractivity (Wildman–Crippen MR) is 115 cm³/mol. The zero-order chi connectivity index (χ0) is 21.1. The van der Waals surface area contributed by atoms with Crippen molar-refractivity contribution in [3.8, 4) is 17.0 Å². The van der Waals surface area contributed by atoms with Crippen LogP contribution < -0.4 is 5.32 Å². The number of piperidine rings is 1. The predicted octanol–water partition coefficient (Wildman–Crippen LogP) is 3.62. The molecule has 1 saturated heterocycles. The van der Waals surface area contributed by atoms with E-state index in [9.17, 15) is 5.11 Å². The highest BCUT2D eigenvalue weighted by Gasteiger charge is 2.39. The summed E-state index contributed by atoms with van der Waals surface area (Å²) in [4.78, 5) is 4.29. The Morgan fingerprint density at radius 2 is 1.80 bits per heavy atom. The molecule has 3 aromatic heterocycles. The minimum atomic E-state index is -0.0120. The van der Waals surface area contributed by atoms with Crippen LogP contribution in [0.1, 0.15) is 46.6 Å². The van der Waals surface area contributed by atoms with Gasteiger partial charge in [0, 0.05) is 28.2 Å². The van der Waals surface area contributed by atoms with E-state index in [1.54, 1.807) is 6.20 Å². The lowest BCUT2D eigenvalue weighted by molar-refractivity contribution is 0.127. The standard InChI is InChI=1S/C22H25N7O/c1-21(2)11-14(12-22(3,4)27-21)29-20-17(25-28-29)10-16(24-26-20)15-8-7-13-6-5-9-23-18(13)19(15)30/h5-10,14,27,30H,11-12H2,1-4H3. The highest BCUT2D eigenvalue weighted by atomic mass is 16.3. The van der Waals surface area contributed by atoms with Gasteiger partial charge in [-0.15, -0.1) is 15.3 Å². The minimum absolute atomic E-state index is 0.0120. The Morgan fingerprint density at radius 1 is 1.03 bits per heavy atom. The van der Waals surface area contributed by atoms with Crippen molar-refractivity contribution in [3.63, 3.8) is 0 Å². The quantitative estimate of drug-likeness (QED) is 0.527. The molecule has 1 fully saturated rings. The molecule has 0 bridgehead atoms. The average molecular weight is 403 g/mol. The molecule has 2 N–H and O–H groups in total. The minimum Gasteiger partial charge on any atom is -0.505 e. The molecule has 4 heterocycles. The maximum atomic E-state index is 10.7. The lowest BCUT2D eigenvalue weighted by Crippen LogP contribution is -2.58. The number of aromatic nitrogens is 6. The molecule has 0 unspecified atom stereocenters. The summed E-state index contributed by atoms with van der Waals surface area (Å²) in [5.41, 5.74) is 2.97. The second kappa shape index (κ2) is 6.43. The van der Waals surface area contributed by atoms with Crippen LogP contribution in [0.3, 0.4) is 0 Å². The van der Waals surface area contributed by atoms with E-state index in [0.717, 1.165) is 18.2 Å². The molecule has 0 saturated carbocycles. The van der Waals surface area contributed by atoms with Crippen LogP contribution in [-0.4, -0.2) is 46.4 Å². The maximum Gasteiger partial charge on any atom is 0.201 e. The fourth-order valence-electron chi connectivity index (χ4n) is 4.91. The van der Waals surface area contributed by atoms with Gasteiger partial charge in [0.1, 0.15) is 11.0 Å². The van der Waals surface area contributed by atoms with Crippen LogP contribution >= 0.6 is 0 Å². The summed E-state index contributed by atoms with van der Waals surface area (Å²) in [6, 6.07) is 9.51. The van der Waals surface area contributed by atoms with Crippen molar-refractivity contribution >= 4 is 22.1 Å². The Kier molecular flexibility index (Phi) is 4.05. The Morgan fingerprint density at radius 3 is 2.57 bits per heavy atom. The topological polar surface area (TPSA) is 102 Å². The molecule has 0 radical (unpaired) electrons. The molecule has 30 heavy (non-hydrogen) atoms. The normalized spacial score (nSPS) is 18.8. The first-order chi connectivity index (χ1) is 14.2. The molecule has 1 aliphatic heterocycles. The molecule has 0 atom stereocenters. The lowest BCUT2D eigenvalue weighted by atomic mass is 9.80. The van der Waals surface area contributed by atoms with Crippen LogP contribution in [0.15, 0.2) is 36.5 Å². The monoisotopic (exact) mass is 403 g/mol. The van der Waals surface area contributed by atoms with Crippen molar-refractivity contribution in [1.82, 2.24) is 35.5 Å². The molecule has 4 aromatic rings. The van der Waals surface area contributed by atoms with E-state index in [0.29, 0.717) is 27.9 Å². The van der Waals surface area contributed by atoms with Gasteiger partial charge in [-0.3, -0.25) is 4.98 Å². The van der Waals surface area contributed by atoms with Gasteiger partial charge in [-0.25, -0.2) is 4.68 Å². The number of phenols is 1. The van der Waals surface area contributed by atoms with Gasteiger partial charge in [0.15, 0.2) is 5.75 Å². The second-order valence-electron chi connectivity index (χ2n) is 9.46. The zero-order valence-electron chi connectivity index (χ0n) is 17.6. The summed E-state index contributed by atoms with van der Waals surface area (Å²) < 4.78 is 1.90. The van der Waals surface area contributed by atoms with Gasteiger partial charge in [0.25, 0.3) is 0 Å². The van der Waals surface area contributed by atoms with E-state index in [1.807, 2.05) is 35.0 Å². The Bertz CT molecular complexity index is 1250. The summed E-state index contributed by atoms with van der Waals surface area (Å²) >= 11 is 0. The zero-order valence-corrected chi connectivity index (χ0v) is 17.6. The number of nitrogens with one attached hydrogen (secondary N) is 1. The van der Waals surface area contributed by atoms with Crippen molar-refractivity contribution in [3.05, 3.63) is 36.5 Å². The van der Waals surface area contributed by atoms with Gasteiger partial charge in [-0.1, -0.05) is 17.3 Å². The van der Waals surface area contributed by atoms with E-state index in [-0.39, 0.29) is 22.9 Å². The summed E-state index contributed by atoms with van der Waals surface area (Å²) in [6.07, 6.45) is 3.51. The third-order valence-electron chi connectivity index (χ3n) is 5.76. The number of rotatable bonds is 2. The van der Waals surface area contributed by atoms with Crippen molar-refractivity contribution in [2.24, 2.45) is 0 Å². The fraction of sp³-hybridized carbons (Fsp3) is 0.409. The number of phenolic OH excluding ortho intramolecular Hbond substituents is 1. The molecule has 8 nitrogen and oxygen atoms in total. The van der Waals surface area contributed by atoms with Crippen molar-refractivity contribution < 1.29 is 5.11 Å². The Hall–Kier alpha value is -3.13.